The van der Waals surface area contributed by atoms with Crippen molar-refractivity contribution in [2.45, 2.75) is 43.6 Å². The quantitative estimate of drug-likeness (QED) is 0.805. The predicted molar refractivity (Wildman–Crippen MR) is 83.3 cm³/mol. The van der Waals surface area contributed by atoms with Crippen LogP contribution in [0.25, 0.3) is 0 Å². The van der Waals surface area contributed by atoms with Crippen molar-refractivity contribution >= 4 is 5.91 Å². The number of aryl methyl sites for hydroxylation is 1. The number of fused-ring (bicyclic) bond motifs is 1. The minimum absolute atomic E-state index is 0.00208. The first-order valence-electron chi connectivity index (χ1n) is 8.01. The third kappa shape index (κ3) is 3.83. The maximum Gasteiger partial charge on any atom is 0.220 e. The molecule has 0 unspecified atom stereocenters. The van der Waals surface area contributed by atoms with E-state index < -0.39 is 6.10 Å². The summed E-state index contributed by atoms with van der Waals surface area (Å²) in [5, 5.41) is 12.6. The van der Waals surface area contributed by atoms with Crippen LogP contribution in [0.15, 0.2) is 24.3 Å². The Bertz CT molecular complexity index is 532. The molecular weight excluding hydrogens is 298 g/mol. The van der Waals surface area contributed by atoms with E-state index in [1.165, 1.54) is 5.56 Å². The van der Waals surface area contributed by atoms with Crippen molar-refractivity contribution in [1.29, 1.82) is 0 Å². The highest BCUT2D eigenvalue weighted by molar-refractivity contribution is 5.76. The van der Waals surface area contributed by atoms with E-state index in [1.54, 1.807) is 7.11 Å². The van der Waals surface area contributed by atoms with Crippen LogP contribution in [0, 0.1) is 0 Å². The lowest BCUT2D eigenvalue weighted by atomic mass is 10.1. The van der Waals surface area contributed by atoms with E-state index >= 15 is 0 Å². The standard InChI is InChI=1S/C17H23NO5/c1-21-12-7-5-11(6-8-12)3-2-4-15(20)18-13-9-22-17-14(19)10-23-16(13)17/h5-8,13-14,16-17,19H,2-4,9-10H2,1H3,(H,18,20)/t13-,14-,16+,17+/m0/s1. The van der Waals surface area contributed by atoms with Crippen molar-refractivity contribution in [3.63, 3.8) is 0 Å². The Morgan fingerprint density at radius 1 is 1.26 bits per heavy atom. The average molecular weight is 321 g/mol. The van der Waals surface area contributed by atoms with Gasteiger partial charge in [0.2, 0.25) is 5.91 Å². The van der Waals surface area contributed by atoms with Gasteiger partial charge in [-0.15, -0.1) is 0 Å². The number of amides is 1. The smallest absolute Gasteiger partial charge is 0.220 e. The number of ether oxygens (including phenoxy) is 3. The predicted octanol–water partition coefficient (Wildman–Crippen LogP) is 0.661. The first-order valence-corrected chi connectivity index (χ1v) is 8.01. The van der Waals surface area contributed by atoms with Crippen molar-refractivity contribution in [2.24, 2.45) is 0 Å². The van der Waals surface area contributed by atoms with Crippen molar-refractivity contribution in [3.05, 3.63) is 29.8 Å². The molecule has 2 aliphatic rings. The highest BCUT2D eigenvalue weighted by Gasteiger charge is 2.47. The molecule has 6 heteroatoms. The molecule has 0 aliphatic carbocycles. The van der Waals surface area contributed by atoms with Crippen molar-refractivity contribution in [3.8, 4) is 5.75 Å². The zero-order chi connectivity index (χ0) is 16.2. The molecule has 0 bridgehead atoms. The summed E-state index contributed by atoms with van der Waals surface area (Å²) in [4.78, 5) is 12.1. The van der Waals surface area contributed by atoms with Crippen molar-refractivity contribution < 1.29 is 24.1 Å². The van der Waals surface area contributed by atoms with Gasteiger partial charge in [0.25, 0.3) is 0 Å². The van der Waals surface area contributed by atoms with E-state index in [0.717, 1.165) is 18.6 Å². The van der Waals surface area contributed by atoms with Gasteiger partial charge >= 0.3 is 0 Å². The zero-order valence-electron chi connectivity index (χ0n) is 13.2. The normalized spacial score (nSPS) is 29.3. The molecule has 4 atom stereocenters. The van der Waals surface area contributed by atoms with Gasteiger partial charge in [0, 0.05) is 6.42 Å². The molecule has 0 radical (unpaired) electrons. The van der Waals surface area contributed by atoms with Gasteiger partial charge in [-0.3, -0.25) is 4.79 Å². The summed E-state index contributed by atoms with van der Waals surface area (Å²) < 4.78 is 16.1. The molecule has 0 spiro atoms. The fourth-order valence-corrected chi connectivity index (χ4v) is 3.13. The molecule has 2 N–H and O–H groups in total. The molecule has 1 aromatic rings. The van der Waals surface area contributed by atoms with Crippen LogP contribution in [-0.4, -0.2) is 55.7 Å². The summed E-state index contributed by atoms with van der Waals surface area (Å²) in [5.74, 6) is 0.832. The third-order valence-corrected chi connectivity index (χ3v) is 4.40. The fourth-order valence-electron chi connectivity index (χ4n) is 3.13. The number of hydrogen-bond donors (Lipinski definition) is 2. The summed E-state index contributed by atoms with van der Waals surface area (Å²) in [6.07, 6.45) is 0.971. The number of nitrogens with one attached hydrogen (secondary N) is 1. The molecule has 2 fully saturated rings. The van der Waals surface area contributed by atoms with E-state index in [9.17, 15) is 9.90 Å². The van der Waals surface area contributed by atoms with E-state index in [-0.39, 0.29) is 30.8 Å². The van der Waals surface area contributed by atoms with Crippen LogP contribution < -0.4 is 10.1 Å². The topological polar surface area (TPSA) is 77.0 Å². The second-order valence-electron chi connectivity index (χ2n) is 6.04. The van der Waals surface area contributed by atoms with E-state index in [0.29, 0.717) is 13.0 Å². The SMILES string of the molecule is COc1ccc(CCCC(=O)N[C@H]2CO[C@H]3[C@@H]2OC[C@@H]3O)cc1. The molecule has 2 saturated heterocycles. The van der Waals surface area contributed by atoms with Crippen LogP contribution in [0.4, 0.5) is 0 Å². The highest BCUT2D eigenvalue weighted by Crippen LogP contribution is 2.27. The molecule has 3 rings (SSSR count). The van der Waals surface area contributed by atoms with Crippen LogP contribution in [0.2, 0.25) is 0 Å². The molecule has 0 saturated carbocycles. The zero-order valence-corrected chi connectivity index (χ0v) is 13.2. The molecule has 2 heterocycles. The minimum Gasteiger partial charge on any atom is -0.497 e. The van der Waals surface area contributed by atoms with Gasteiger partial charge in [0.05, 0.1) is 26.4 Å². The van der Waals surface area contributed by atoms with Crippen LogP contribution in [0.1, 0.15) is 18.4 Å². The number of carbonyl (C=O) groups is 1. The van der Waals surface area contributed by atoms with E-state index in [4.69, 9.17) is 14.2 Å². The summed E-state index contributed by atoms with van der Waals surface area (Å²) >= 11 is 0. The van der Waals surface area contributed by atoms with Crippen LogP contribution in [0.5, 0.6) is 5.75 Å². The Morgan fingerprint density at radius 2 is 2.00 bits per heavy atom. The van der Waals surface area contributed by atoms with Crippen molar-refractivity contribution in [1.82, 2.24) is 5.32 Å². The van der Waals surface area contributed by atoms with Gasteiger partial charge in [-0.05, 0) is 30.5 Å². The lowest BCUT2D eigenvalue weighted by Crippen LogP contribution is -2.44. The highest BCUT2D eigenvalue weighted by atomic mass is 16.6. The fraction of sp³-hybridized carbons (Fsp3) is 0.588. The molecular formula is C17H23NO5. The lowest BCUT2D eigenvalue weighted by molar-refractivity contribution is -0.122. The first kappa shape index (κ1) is 16.2. The Kier molecular flexibility index (Phi) is 5.15. The molecule has 0 aromatic heterocycles. The summed E-state index contributed by atoms with van der Waals surface area (Å²) in [5.41, 5.74) is 1.19. The monoisotopic (exact) mass is 321 g/mol. The summed E-state index contributed by atoms with van der Waals surface area (Å²) in [7, 11) is 1.64. The van der Waals surface area contributed by atoms with Gasteiger partial charge in [-0.1, -0.05) is 12.1 Å². The molecule has 2 aliphatic heterocycles. The van der Waals surface area contributed by atoms with Gasteiger partial charge in [0.1, 0.15) is 24.1 Å². The van der Waals surface area contributed by atoms with Crippen LogP contribution >= 0.6 is 0 Å². The summed E-state index contributed by atoms with van der Waals surface area (Å²) in [6.45, 7) is 0.676. The number of benzene rings is 1. The number of hydrogen-bond acceptors (Lipinski definition) is 5. The molecule has 1 amide bonds. The Morgan fingerprint density at radius 3 is 2.74 bits per heavy atom. The van der Waals surface area contributed by atoms with Gasteiger partial charge in [0.15, 0.2) is 0 Å². The molecule has 1 aromatic carbocycles. The number of rotatable bonds is 6. The largest absolute Gasteiger partial charge is 0.497 e. The van der Waals surface area contributed by atoms with Gasteiger partial charge in [-0.25, -0.2) is 0 Å². The second kappa shape index (κ2) is 7.29. The van der Waals surface area contributed by atoms with E-state index in [2.05, 4.69) is 5.32 Å². The molecule has 23 heavy (non-hydrogen) atoms. The van der Waals surface area contributed by atoms with Crippen LogP contribution in [0.3, 0.4) is 0 Å². The number of aliphatic hydroxyl groups excluding tert-OH is 1. The van der Waals surface area contributed by atoms with Crippen molar-refractivity contribution in [2.75, 3.05) is 20.3 Å². The third-order valence-electron chi connectivity index (χ3n) is 4.40. The Hall–Kier alpha value is -1.63. The number of methoxy groups -OCH3 is 1. The Labute approximate surface area is 135 Å². The van der Waals surface area contributed by atoms with Crippen LogP contribution in [-0.2, 0) is 20.7 Å². The van der Waals surface area contributed by atoms with Gasteiger partial charge < -0.3 is 24.6 Å². The van der Waals surface area contributed by atoms with Gasteiger partial charge in [-0.2, -0.15) is 0 Å². The number of aliphatic hydroxyl groups is 1. The lowest BCUT2D eigenvalue weighted by Gasteiger charge is -2.17. The Balaban J connectivity index is 1.40. The second-order valence-corrected chi connectivity index (χ2v) is 6.04. The molecule has 6 nitrogen and oxygen atoms in total. The van der Waals surface area contributed by atoms with E-state index in [1.807, 2.05) is 24.3 Å². The maximum absolute atomic E-state index is 12.1. The maximum atomic E-state index is 12.1. The number of carbonyl (C=O) groups excluding carboxylic acids is 1. The average Bonchev–Trinajstić information content (AvgIpc) is 3.12. The minimum atomic E-state index is -0.586. The summed E-state index contributed by atoms with van der Waals surface area (Å²) in [6, 6.07) is 7.72. The molecule has 126 valence electrons. The first-order chi connectivity index (χ1) is 11.2.